The van der Waals surface area contributed by atoms with Crippen molar-refractivity contribution in [2.24, 2.45) is 5.92 Å². The van der Waals surface area contributed by atoms with Crippen LogP contribution in [0.3, 0.4) is 0 Å². The largest absolute Gasteiger partial charge is 0.486 e. The number of fused-ring (bicyclic) bond motifs is 1. The molecule has 0 aliphatic carbocycles. The van der Waals surface area contributed by atoms with Crippen molar-refractivity contribution >= 4 is 39.1 Å². The number of carbonyl (C=O) groups is 2. The molecule has 2 aromatic rings. The Bertz CT molecular complexity index is 1200. The molecule has 0 unspecified atom stereocenters. The number of carbonyl (C=O) groups excluding carboxylic acids is 2. The Hall–Kier alpha value is -2.98. The second kappa shape index (κ2) is 11.8. The van der Waals surface area contributed by atoms with Gasteiger partial charge < -0.3 is 19.7 Å². The Morgan fingerprint density at radius 1 is 1.06 bits per heavy atom. The number of anilines is 1. The molecule has 0 aromatic heterocycles. The van der Waals surface area contributed by atoms with E-state index in [1.807, 2.05) is 13.8 Å². The minimum Gasteiger partial charge on any atom is -0.486 e. The van der Waals surface area contributed by atoms with Crippen LogP contribution in [-0.2, 0) is 26.2 Å². The van der Waals surface area contributed by atoms with Crippen molar-refractivity contribution in [1.82, 2.24) is 10.2 Å². The molecule has 0 saturated heterocycles. The number of hydrogen-bond acceptors (Lipinski definition) is 6. The fourth-order valence-corrected chi connectivity index (χ4v) is 4.68. The van der Waals surface area contributed by atoms with E-state index >= 15 is 0 Å². The zero-order valence-corrected chi connectivity index (χ0v) is 22.4. The van der Waals surface area contributed by atoms with Gasteiger partial charge in [0.1, 0.15) is 25.8 Å². The molecule has 1 heterocycles. The third kappa shape index (κ3) is 7.04. The fourth-order valence-electron chi connectivity index (χ4n) is 3.65. The molecule has 1 atom stereocenters. The zero-order valence-electron chi connectivity index (χ0n) is 20.9. The van der Waals surface area contributed by atoms with Crippen molar-refractivity contribution in [3.05, 3.63) is 53.1 Å². The average molecular weight is 538 g/mol. The Labute approximate surface area is 217 Å². The maximum absolute atomic E-state index is 13.6. The van der Waals surface area contributed by atoms with Gasteiger partial charge >= 0.3 is 0 Å². The quantitative estimate of drug-likeness (QED) is 0.499. The molecule has 36 heavy (non-hydrogen) atoms. The molecule has 2 amide bonds. The summed E-state index contributed by atoms with van der Waals surface area (Å²) in [5.41, 5.74) is 0.894. The van der Waals surface area contributed by atoms with Crippen LogP contribution in [0.25, 0.3) is 0 Å². The van der Waals surface area contributed by atoms with Crippen molar-refractivity contribution in [3.63, 3.8) is 0 Å². The van der Waals surface area contributed by atoms with Crippen LogP contribution >= 0.6 is 11.6 Å². The molecule has 0 bridgehead atoms. The van der Waals surface area contributed by atoms with E-state index in [1.165, 1.54) is 11.0 Å². The highest BCUT2D eigenvalue weighted by Gasteiger charge is 2.31. The molecule has 2 aromatic carbocycles. The van der Waals surface area contributed by atoms with Gasteiger partial charge in [0.25, 0.3) is 0 Å². The van der Waals surface area contributed by atoms with Gasteiger partial charge in [0.15, 0.2) is 11.5 Å². The number of hydrogen-bond donors (Lipinski definition) is 1. The van der Waals surface area contributed by atoms with Crippen molar-refractivity contribution in [2.75, 3.05) is 36.9 Å². The summed E-state index contributed by atoms with van der Waals surface area (Å²) in [4.78, 5) is 27.8. The van der Waals surface area contributed by atoms with Gasteiger partial charge in [-0.2, -0.15) is 0 Å². The van der Waals surface area contributed by atoms with Crippen LogP contribution < -0.4 is 19.1 Å². The Kier molecular flexibility index (Phi) is 9.08. The van der Waals surface area contributed by atoms with Crippen LogP contribution in [0.5, 0.6) is 11.5 Å². The summed E-state index contributed by atoms with van der Waals surface area (Å²) < 4.78 is 37.6. The molecule has 0 fully saturated rings. The lowest BCUT2D eigenvalue weighted by Gasteiger charge is -2.32. The molecule has 0 saturated carbocycles. The van der Waals surface area contributed by atoms with Crippen LogP contribution in [0.15, 0.2) is 42.5 Å². The minimum absolute atomic E-state index is 0.0352. The lowest BCUT2D eigenvalue weighted by atomic mass is 10.1. The van der Waals surface area contributed by atoms with Gasteiger partial charge in [-0.1, -0.05) is 43.6 Å². The average Bonchev–Trinajstić information content (AvgIpc) is 2.83. The van der Waals surface area contributed by atoms with Gasteiger partial charge in [0.2, 0.25) is 21.8 Å². The molecule has 11 heteroatoms. The van der Waals surface area contributed by atoms with Crippen molar-refractivity contribution in [1.29, 1.82) is 0 Å². The zero-order chi connectivity index (χ0) is 26.5. The van der Waals surface area contributed by atoms with Gasteiger partial charge in [-0.3, -0.25) is 13.9 Å². The van der Waals surface area contributed by atoms with E-state index in [1.54, 1.807) is 43.3 Å². The topological polar surface area (TPSA) is 105 Å². The van der Waals surface area contributed by atoms with E-state index in [4.69, 9.17) is 21.1 Å². The summed E-state index contributed by atoms with van der Waals surface area (Å²) in [5.74, 6) is 0.233. The summed E-state index contributed by atoms with van der Waals surface area (Å²) in [6.45, 7) is 6.25. The van der Waals surface area contributed by atoms with Gasteiger partial charge in [-0.05, 0) is 36.6 Å². The summed E-state index contributed by atoms with van der Waals surface area (Å²) in [6, 6.07) is 10.8. The van der Waals surface area contributed by atoms with E-state index in [0.29, 0.717) is 41.8 Å². The number of nitrogens with one attached hydrogen (secondary N) is 1. The Morgan fingerprint density at radius 3 is 2.36 bits per heavy atom. The predicted octanol–water partition coefficient (Wildman–Crippen LogP) is 3.07. The summed E-state index contributed by atoms with van der Waals surface area (Å²) in [6.07, 6.45) is 1.02. The van der Waals surface area contributed by atoms with Crippen molar-refractivity contribution in [3.8, 4) is 11.5 Å². The second-order valence-electron chi connectivity index (χ2n) is 9.03. The molecule has 1 N–H and O–H groups in total. The highest BCUT2D eigenvalue weighted by Crippen LogP contribution is 2.34. The molecule has 9 nitrogen and oxygen atoms in total. The molecule has 0 spiro atoms. The first-order valence-electron chi connectivity index (χ1n) is 11.6. The first kappa shape index (κ1) is 27.6. The summed E-state index contributed by atoms with van der Waals surface area (Å²) >= 11 is 6.33. The Morgan fingerprint density at radius 2 is 1.72 bits per heavy atom. The Balaban J connectivity index is 1.91. The number of ether oxygens (including phenoxy) is 2. The van der Waals surface area contributed by atoms with E-state index in [0.717, 1.165) is 10.6 Å². The predicted molar refractivity (Wildman–Crippen MR) is 139 cm³/mol. The SMILES string of the molecule is CC(C)CNC(=O)[C@H](C)N(Cc1ccccc1Cl)C(=O)CN(c1ccc2c(c1)OCCO2)S(C)(=O)=O. The van der Waals surface area contributed by atoms with Crippen molar-refractivity contribution in [2.45, 2.75) is 33.4 Å². The maximum atomic E-state index is 13.6. The van der Waals surface area contributed by atoms with Crippen LogP contribution in [0.4, 0.5) is 5.69 Å². The standard InChI is InChI=1S/C25H32ClN3O6S/c1-17(2)14-27-25(31)18(3)28(15-19-7-5-6-8-21(19)26)24(30)16-29(36(4,32)33)20-9-10-22-23(13-20)35-12-11-34-22/h5-10,13,17-18H,11-12,14-16H2,1-4H3,(H,27,31)/t18-/m0/s1. The van der Waals surface area contributed by atoms with Crippen LogP contribution in [-0.4, -0.2) is 63.7 Å². The highest BCUT2D eigenvalue weighted by molar-refractivity contribution is 7.92. The van der Waals surface area contributed by atoms with Crippen LogP contribution in [0, 0.1) is 5.92 Å². The van der Waals surface area contributed by atoms with Crippen molar-refractivity contribution < 1.29 is 27.5 Å². The van der Waals surface area contributed by atoms with Gasteiger partial charge in [0.05, 0.1) is 11.9 Å². The monoisotopic (exact) mass is 537 g/mol. The second-order valence-corrected chi connectivity index (χ2v) is 11.3. The number of halogens is 1. The third-order valence-corrected chi connectivity index (χ3v) is 7.15. The molecule has 1 aliphatic rings. The highest BCUT2D eigenvalue weighted by atomic mass is 35.5. The number of benzene rings is 2. The summed E-state index contributed by atoms with van der Waals surface area (Å²) in [5, 5.41) is 3.28. The number of amides is 2. The van der Waals surface area contributed by atoms with E-state index in [-0.39, 0.29) is 24.1 Å². The van der Waals surface area contributed by atoms with Gasteiger partial charge in [-0.15, -0.1) is 0 Å². The fraction of sp³-hybridized carbons (Fsp3) is 0.440. The van der Waals surface area contributed by atoms with Crippen LogP contribution in [0.2, 0.25) is 5.02 Å². The van der Waals surface area contributed by atoms with Crippen LogP contribution in [0.1, 0.15) is 26.3 Å². The molecular formula is C25H32ClN3O6S. The molecular weight excluding hydrogens is 506 g/mol. The summed E-state index contributed by atoms with van der Waals surface area (Å²) in [7, 11) is -3.86. The van der Waals surface area contributed by atoms with Gasteiger partial charge in [-0.25, -0.2) is 8.42 Å². The lowest BCUT2D eigenvalue weighted by Crippen LogP contribution is -2.51. The smallest absolute Gasteiger partial charge is 0.244 e. The first-order chi connectivity index (χ1) is 17.0. The first-order valence-corrected chi connectivity index (χ1v) is 13.9. The molecule has 0 radical (unpaired) electrons. The maximum Gasteiger partial charge on any atom is 0.244 e. The minimum atomic E-state index is -3.86. The van der Waals surface area contributed by atoms with E-state index in [9.17, 15) is 18.0 Å². The number of sulfonamides is 1. The molecule has 1 aliphatic heterocycles. The number of nitrogens with zero attached hydrogens (tertiary/aromatic N) is 2. The van der Waals surface area contributed by atoms with E-state index < -0.39 is 28.5 Å². The third-order valence-electron chi connectivity index (χ3n) is 5.64. The molecule has 3 rings (SSSR count). The van der Waals surface area contributed by atoms with E-state index in [2.05, 4.69) is 5.32 Å². The molecule has 196 valence electrons. The van der Waals surface area contributed by atoms with Gasteiger partial charge in [0, 0.05) is 24.2 Å². The number of rotatable bonds is 10. The lowest BCUT2D eigenvalue weighted by molar-refractivity contribution is -0.139. The normalized spacial score (nSPS) is 13.7.